The first kappa shape index (κ1) is 10.4. The Hall–Kier alpha value is -0.650. The third kappa shape index (κ3) is 4.21. The van der Waals surface area contributed by atoms with Gasteiger partial charge in [0.05, 0.1) is 6.61 Å². The number of hydrogen-bond acceptors (Lipinski definition) is 5. The van der Waals surface area contributed by atoms with E-state index in [9.17, 15) is 4.79 Å². The number of carbonyl (C=O) groups excluding carboxylic acids is 1. The van der Waals surface area contributed by atoms with Gasteiger partial charge in [-0.3, -0.25) is 4.84 Å². The molecule has 0 aromatic carbocycles. The van der Waals surface area contributed by atoms with Crippen LogP contribution < -0.4 is 5.90 Å². The quantitative estimate of drug-likeness (QED) is 0.491. The molecule has 0 spiro atoms. The Morgan fingerprint density at radius 2 is 2.15 bits per heavy atom. The second-order valence-corrected chi connectivity index (χ2v) is 3.05. The molecule has 2 N–H and O–H groups in total. The zero-order valence-corrected chi connectivity index (χ0v) is 7.53. The van der Waals surface area contributed by atoms with Gasteiger partial charge >= 0.3 is 5.97 Å². The van der Waals surface area contributed by atoms with Gasteiger partial charge in [-0.2, -0.15) is 0 Å². The van der Waals surface area contributed by atoms with E-state index in [-0.39, 0.29) is 6.61 Å². The molecule has 1 saturated heterocycles. The number of rotatable bonds is 4. The van der Waals surface area contributed by atoms with Gasteiger partial charge in [0.15, 0.2) is 6.61 Å². The fourth-order valence-electron chi connectivity index (χ4n) is 1.23. The highest BCUT2D eigenvalue weighted by molar-refractivity contribution is 5.70. The topological polar surface area (TPSA) is 70.8 Å². The molecule has 0 radical (unpaired) electrons. The van der Waals surface area contributed by atoms with Crippen LogP contribution in [0.3, 0.4) is 0 Å². The Labute approximate surface area is 77.1 Å². The standard InChI is InChI=1S/C8H15NO4/c9-13-6-8(10)12-5-7-1-3-11-4-2-7/h7H,1-6,9H2. The van der Waals surface area contributed by atoms with E-state index in [4.69, 9.17) is 15.4 Å². The Balaban J connectivity index is 2.06. The zero-order valence-electron chi connectivity index (χ0n) is 7.53. The molecule has 1 aliphatic heterocycles. The average molecular weight is 189 g/mol. The fourth-order valence-corrected chi connectivity index (χ4v) is 1.23. The number of esters is 1. The largest absolute Gasteiger partial charge is 0.464 e. The highest BCUT2D eigenvalue weighted by Gasteiger charge is 2.15. The van der Waals surface area contributed by atoms with E-state index in [1.807, 2.05) is 0 Å². The van der Waals surface area contributed by atoms with Crippen LogP contribution >= 0.6 is 0 Å². The lowest BCUT2D eigenvalue weighted by molar-refractivity contribution is -0.151. The Morgan fingerprint density at radius 3 is 2.77 bits per heavy atom. The Kier molecular flexibility index (Phi) is 4.74. The van der Waals surface area contributed by atoms with Crippen molar-refractivity contribution in [2.45, 2.75) is 12.8 Å². The average Bonchev–Trinajstić information content (AvgIpc) is 2.17. The maximum Gasteiger partial charge on any atom is 0.334 e. The highest BCUT2D eigenvalue weighted by atomic mass is 16.6. The van der Waals surface area contributed by atoms with Crippen LogP contribution in [0, 0.1) is 5.92 Å². The number of ether oxygens (including phenoxy) is 2. The van der Waals surface area contributed by atoms with Crippen molar-refractivity contribution in [2.24, 2.45) is 11.8 Å². The van der Waals surface area contributed by atoms with E-state index in [1.165, 1.54) is 0 Å². The molecular weight excluding hydrogens is 174 g/mol. The molecule has 1 rings (SSSR count). The predicted octanol–water partition coefficient (Wildman–Crippen LogP) is -0.154. The lowest BCUT2D eigenvalue weighted by Crippen LogP contribution is -2.24. The van der Waals surface area contributed by atoms with E-state index >= 15 is 0 Å². The van der Waals surface area contributed by atoms with Gasteiger partial charge in [0.25, 0.3) is 0 Å². The van der Waals surface area contributed by atoms with Crippen LogP contribution in [0.15, 0.2) is 0 Å². The highest BCUT2D eigenvalue weighted by Crippen LogP contribution is 2.14. The van der Waals surface area contributed by atoms with Crippen LogP contribution in [0.2, 0.25) is 0 Å². The van der Waals surface area contributed by atoms with Crippen molar-refractivity contribution in [3.63, 3.8) is 0 Å². The molecule has 76 valence electrons. The number of nitrogens with two attached hydrogens (primary N) is 1. The first-order valence-corrected chi connectivity index (χ1v) is 4.38. The lowest BCUT2D eigenvalue weighted by Gasteiger charge is -2.21. The SMILES string of the molecule is NOCC(=O)OCC1CCOCC1. The van der Waals surface area contributed by atoms with Crippen LogP contribution in [0.25, 0.3) is 0 Å². The number of hydrogen-bond donors (Lipinski definition) is 1. The summed E-state index contributed by atoms with van der Waals surface area (Å²) in [6.07, 6.45) is 1.91. The molecule has 13 heavy (non-hydrogen) atoms. The first-order valence-electron chi connectivity index (χ1n) is 4.38. The summed E-state index contributed by atoms with van der Waals surface area (Å²) >= 11 is 0. The molecule has 1 heterocycles. The molecule has 0 bridgehead atoms. The molecule has 0 atom stereocenters. The minimum absolute atomic E-state index is 0.177. The number of carbonyl (C=O) groups is 1. The van der Waals surface area contributed by atoms with Crippen LogP contribution in [0.5, 0.6) is 0 Å². The van der Waals surface area contributed by atoms with E-state index < -0.39 is 5.97 Å². The van der Waals surface area contributed by atoms with Gasteiger partial charge in [-0.1, -0.05) is 0 Å². The molecule has 1 fully saturated rings. The third-order valence-corrected chi connectivity index (χ3v) is 2.02. The summed E-state index contributed by atoms with van der Waals surface area (Å²) in [5.41, 5.74) is 0. The maximum atomic E-state index is 10.8. The van der Waals surface area contributed by atoms with Crippen LogP contribution in [-0.4, -0.2) is 32.4 Å². The minimum atomic E-state index is -0.408. The second kappa shape index (κ2) is 5.90. The van der Waals surface area contributed by atoms with Crippen molar-refractivity contribution < 1.29 is 19.1 Å². The second-order valence-electron chi connectivity index (χ2n) is 3.05. The smallest absolute Gasteiger partial charge is 0.334 e. The Bertz CT molecular complexity index is 156. The van der Waals surface area contributed by atoms with Gasteiger partial charge in [0.1, 0.15) is 0 Å². The molecule has 0 amide bonds. The predicted molar refractivity (Wildman–Crippen MR) is 44.6 cm³/mol. The van der Waals surface area contributed by atoms with Gasteiger partial charge in [0.2, 0.25) is 0 Å². The Morgan fingerprint density at radius 1 is 1.46 bits per heavy atom. The molecule has 0 aliphatic carbocycles. The summed E-state index contributed by atoms with van der Waals surface area (Å²) in [6.45, 7) is 1.79. The molecule has 5 nitrogen and oxygen atoms in total. The van der Waals surface area contributed by atoms with Crippen molar-refractivity contribution in [3.05, 3.63) is 0 Å². The van der Waals surface area contributed by atoms with Gasteiger partial charge < -0.3 is 9.47 Å². The van der Waals surface area contributed by atoms with Crippen LogP contribution in [-0.2, 0) is 19.1 Å². The fraction of sp³-hybridized carbons (Fsp3) is 0.875. The summed E-state index contributed by atoms with van der Waals surface area (Å²) in [5, 5.41) is 0. The summed E-state index contributed by atoms with van der Waals surface area (Å²) in [6, 6.07) is 0. The summed E-state index contributed by atoms with van der Waals surface area (Å²) < 4.78 is 10.1. The molecule has 0 aromatic rings. The van der Waals surface area contributed by atoms with E-state index in [0.29, 0.717) is 12.5 Å². The van der Waals surface area contributed by atoms with Crippen molar-refractivity contribution in [2.75, 3.05) is 26.4 Å². The van der Waals surface area contributed by atoms with Gasteiger partial charge in [0, 0.05) is 13.2 Å². The van der Waals surface area contributed by atoms with Crippen molar-refractivity contribution >= 4 is 5.97 Å². The summed E-state index contributed by atoms with van der Waals surface area (Å²) in [4.78, 5) is 15.0. The van der Waals surface area contributed by atoms with Crippen LogP contribution in [0.4, 0.5) is 0 Å². The summed E-state index contributed by atoms with van der Waals surface area (Å²) in [7, 11) is 0. The third-order valence-electron chi connectivity index (χ3n) is 2.02. The van der Waals surface area contributed by atoms with E-state index in [1.54, 1.807) is 0 Å². The van der Waals surface area contributed by atoms with Crippen molar-refractivity contribution in [1.82, 2.24) is 0 Å². The molecule has 0 unspecified atom stereocenters. The monoisotopic (exact) mass is 189 g/mol. The lowest BCUT2D eigenvalue weighted by atomic mass is 10.0. The maximum absolute atomic E-state index is 10.8. The normalized spacial score (nSPS) is 18.5. The van der Waals surface area contributed by atoms with Crippen molar-refractivity contribution in [1.29, 1.82) is 0 Å². The zero-order chi connectivity index (χ0) is 9.52. The first-order chi connectivity index (χ1) is 6.33. The van der Waals surface area contributed by atoms with Crippen molar-refractivity contribution in [3.8, 4) is 0 Å². The molecule has 1 aliphatic rings. The van der Waals surface area contributed by atoms with E-state index in [2.05, 4.69) is 4.84 Å². The van der Waals surface area contributed by atoms with Gasteiger partial charge in [-0.05, 0) is 18.8 Å². The minimum Gasteiger partial charge on any atom is -0.464 e. The molecular formula is C8H15NO4. The molecule has 0 saturated carbocycles. The van der Waals surface area contributed by atoms with Gasteiger partial charge in [-0.25, -0.2) is 10.7 Å². The molecule has 5 heteroatoms. The van der Waals surface area contributed by atoms with Gasteiger partial charge in [-0.15, -0.1) is 0 Å². The summed E-state index contributed by atoms with van der Waals surface area (Å²) in [5.74, 6) is 4.74. The van der Waals surface area contributed by atoms with Crippen LogP contribution in [0.1, 0.15) is 12.8 Å². The molecule has 0 aromatic heterocycles. The van der Waals surface area contributed by atoms with E-state index in [0.717, 1.165) is 26.1 Å².